The quantitative estimate of drug-likeness (QED) is 0.128. The van der Waals surface area contributed by atoms with Gasteiger partial charge in [-0.3, -0.25) is 10.2 Å². The van der Waals surface area contributed by atoms with Gasteiger partial charge < -0.3 is 24.8 Å². The second kappa shape index (κ2) is 14.6. The maximum Gasteiger partial charge on any atom is 0.331 e. The summed E-state index contributed by atoms with van der Waals surface area (Å²) in [6, 6.07) is 10.6. The zero-order valence-electron chi connectivity index (χ0n) is 33.3. The van der Waals surface area contributed by atoms with Crippen LogP contribution in [0.15, 0.2) is 42.0 Å². The van der Waals surface area contributed by atoms with Crippen molar-refractivity contribution in [3.8, 4) is 11.8 Å². The van der Waals surface area contributed by atoms with E-state index in [9.17, 15) is 24.9 Å². The highest BCUT2D eigenvalue weighted by Gasteiger charge is 2.82. The maximum absolute atomic E-state index is 14.1. The van der Waals surface area contributed by atoms with Crippen LogP contribution < -0.4 is 10.9 Å². The summed E-state index contributed by atoms with van der Waals surface area (Å²) in [7, 11) is 0. The van der Waals surface area contributed by atoms with Crippen molar-refractivity contribution < 1.29 is 34.4 Å². The van der Waals surface area contributed by atoms with Crippen LogP contribution in [-0.2, 0) is 25.5 Å². The molecule has 300 valence electrons. The van der Waals surface area contributed by atoms with Crippen LogP contribution >= 0.6 is 0 Å². The zero-order valence-corrected chi connectivity index (χ0v) is 33.3. The number of nitrogens with one attached hydrogen (secondary N) is 2. The molecule has 11 atom stereocenters. The standard InChI is InChI=1S/C46H64N2O7/c1-31(12-11-15-32-13-5-4-6-14-32)17-18-36(49)46-37(50)20-24-42(3)34-27-43(22-9-10-23-43)28-35(34)47-48-44(40(42)46)30-41(2,21-8-7-16-38(51)55-44)45(46,53)25-19-33-26-39(52)54-29-33/h4-6,13-14,26,31,34-37,40,47-50,53H,7,9-12,15-20,22-25,27-30H2,1-3H3. The predicted octanol–water partition coefficient (Wildman–Crippen LogP) is 6.44. The summed E-state index contributed by atoms with van der Waals surface area (Å²) in [5, 5.41) is 40.3. The lowest BCUT2D eigenvalue weighted by Crippen LogP contribution is -2.84. The third kappa shape index (κ3) is 6.41. The SMILES string of the molecule is CC(CCCc1ccccc1)CCC(O)C12C(O)CCC3(C)C4CC5(CCCC5)CC4NNC4(CC(C)(C#CCCC(=O)O4)C1(O)CCC1=CC(=O)OC1)C32. The number of hydrogen-bond acceptors (Lipinski definition) is 9. The van der Waals surface area contributed by atoms with Crippen LogP contribution in [0.2, 0.25) is 0 Å². The van der Waals surface area contributed by atoms with Crippen molar-refractivity contribution in [2.45, 2.75) is 166 Å². The molecule has 2 bridgehead atoms. The third-order valence-corrected chi connectivity index (χ3v) is 16.3. The molecule has 55 heavy (non-hydrogen) atoms. The number of hydrogen-bond donors (Lipinski definition) is 5. The van der Waals surface area contributed by atoms with Gasteiger partial charge in [0.1, 0.15) is 6.61 Å². The minimum atomic E-state index is -1.73. The number of aliphatic hydroxyl groups is 3. The Hall–Kier alpha value is -2.74. The predicted molar refractivity (Wildman–Crippen MR) is 209 cm³/mol. The number of fused-ring (bicyclic) bond motifs is 3. The Labute approximate surface area is 327 Å². The molecule has 9 heteroatoms. The highest BCUT2D eigenvalue weighted by molar-refractivity contribution is 5.85. The molecule has 0 aromatic heterocycles. The maximum atomic E-state index is 14.1. The van der Waals surface area contributed by atoms with Crippen LogP contribution in [0.3, 0.4) is 0 Å². The molecule has 2 spiro atoms. The summed E-state index contributed by atoms with van der Waals surface area (Å²) in [6.45, 7) is 6.66. The van der Waals surface area contributed by atoms with Crippen molar-refractivity contribution >= 4 is 11.9 Å². The number of carbonyl (C=O) groups excluding carboxylic acids is 2. The van der Waals surface area contributed by atoms with E-state index in [1.165, 1.54) is 37.3 Å². The first kappa shape index (κ1) is 39.1. The summed E-state index contributed by atoms with van der Waals surface area (Å²) in [4.78, 5) is 26.1. The topological polar surface area (TPSA) is 137 Å². The van der Waals surface area contributed by atoms with Crippen molar-refractivity contribution in [1.82, 2.24) is 10.9 Å². The minimum absolute atomic E-state index is 0.112. The number of benzene rings is 1. The number of esters is 2. The first-order chi connectivity index (χ1) is 26.3. The number of aryl methyl sites for hydroxylation is 1. The lowest BCUT2D eigenvalue weighted by Gasteiger charge is -2.73. The van der Waals surface area contributed by atoms with E-state index in [1.54, 1.807) is 0 Å². The molecule has 8 rings (SSSR count). The average Bonchev–Trinajstić information content (AvgIpc) is 3.90. The Bertz CT molecular complexity index is 1710. The monoisotopic (exact) mass is 756 g/mol. The fourth-order valence-corrected chi connectivity index (χ4v) is 13.8. The zero-order chi connectivity index (χ0) is 38.7. The van der Waals surface area contributed by atoms with Gasteiger partial charge in [0.05, 0.1) is 35.1 Å². The largest absolute Gasteiger partial charge is 0.458 e. The van der Waals surface area contributed by atoms with E-state index >= 15 is 0 Å². The minimum Gasteiger partial charge on any atom is -0.458 e. The molecule has 7 aliphatic rings. The average molecular weight is 757 g/mol. The van der Waals surface area contributed by atoms with E-state index in [1.807, 2.05) is 13.0 Å². The van der Waals surface area contributed by atoms with Crippen LogP contribution in [0, 0.1) is 51.3 Å². The van der Waals surface area contributed by atoms with Gasteiger partial charge in [-0.25, -0.2) is 10.2 Å². The Morgan fingerprint density at radius 2 is 1.80 bits per heavy atom. The van der Waals surface area contributed by atoms with Crippen molar-refractivity contribution in [1.29, 1.82) is 0 Å². The van der Waals surface area contributed by atoms with E-state index in [0.29, 0.717) is 38.0 Å². The van der Waals surface area contributed by atoms with Crippen molar-refractivity contribution in [3.05, 3.63) is 47.5 Å². The highest BCUT2D eigenvalue weighted by atomic mass is 16.6. The van der Waals surface area contributed by atoms with Crippen molar-refractivity contribution in [3.63, 3.8) is 0 Å². The highest BCUT2D eigenvalue weighted by Crippen LogP contribution is 2.75. The van der Waals surface area contributed by atoms with Gasteiger partial charge in [0, 0.05) is 30.9 Å². The molecule has 3 aliphatic heterocycles. The summed E-state index contributed by atoms with van der Waals surface area (Å²) < 4.78 is 12.1. The molecular formula is C46H64N2O7. The third-order valence-electron chi connectivity index (χ3n) is 16.3. The first-order valence-corrected chi connectivity index (χ1v) is 21.5. The second-order valence-corrected chi connectivity index (χ2v) is 19.5. The number of carbonyl (C=O) groups is 2. The lowest BCUT2D eigenvalue weighted by atomic mass is 9.34. The molecule has 5 N–H and O–H groups in total. The van der Waals surface area contributed by atoms with Crippen molar-refractivity contribution in [2.75, 3.05) is 6.61 Å². The lowest BCUT2D eigenvalue weighted by molar-refractivity contribution is -0.362. The summed E-state index contributed by atoms with van der Waals surface area (Å²) >= 11 is 0. The van der Waals surface area contributed by atoms with E-state index in [-0.39, 0.29) is 55.6 Å². The number of rotatable bonds is 11. The van der Waals surface area contributed by atoms with Gasteiger partial charge in [0.2, 0.25) is 0 Å². The van der Waals surface area contributed by atoms with Crippen molar-refractivity contribution in [2.24, 2.45) is 39.4 Å². The number of aliphatic hydroxyl groups excluding tert-OH is 2. The second-order valence-electron chi connectivity index (χ2n) is 19.5. The molecule has 1 aromatic carbocycles. The van der Waals surface area contributed by atoms with Crippen LogP contribution in [0.1, 0.15) is 135 Å². The Balaban J connectivity index is 1.24. The van der Waals surface area contributed by atoms with Gasteiger partial charge in [-0.05, 0) is 118 Å². The van der Waals surface area contributed by atoms with Gasteiger partial charge in [-0.2, -0.15) is 0 Å². The van der Waals surface area contributed by atoms with Gasteiger partial charge in [0.25, 0.3) is 0 Å². The molecule has 1 aromatic rings. The van der Waals surface area contributed by atoms with E-state index in [4.69, 9.17) is 9.47 Å². The fourth-order valence-electron chi connectivity index (χ4n) is 13.8. The fraction of sp³-hybridized carbons (Fsp3) is 0.739. The Kier molecular flexibility index (Phi) is 10.4. The molecule has 0 amide bonds. The van der Waals surface area contributed by atoms with Crippen LogP contribution in [0.25, 0.3) is 0 Å². The molecule has 0 radical (unpaired) electrons. The van der Waals surface area contributed by atoms with Gasteiger partial charge in [0.15, 0.2) is 5.72 Å². The molecule has 11 unspecified atom stereocenters. The van der Waals surface area contributed by atoms with Crippen LogP contribution in [-0.4, -0.2) is 63.4 Å². The molecule has 9 nitrogen and oxygen atoms in total. The summed E-state index contributed by atoms with van der Waals surface area (Å²) in [5.74, 6) is 5.82. The molecule has 4 aliphatic carbocycles. The molecule has 5 fully saturated rings. The molecule has 1 saturated heterocycles. The van der Waals surface area contributed by atoms with E-state index in [0.717, 1.165) is 37.7 Å². The van der Waals surface area contributed by atoms with Crippen LogP contribution in [0.4, 0.5) is 0 Å². The van der Waals surface area contributed by atoms with Gasteiger partial charge >= 0.3 is 11.9 Å². The number of ether oxygens (including phenoxy) is 2. The van der Waals surface area contributed by atoms with Gasteiger partial charge in [-0.15, -0.1) is 5.92 Å². The molecular weight excluding hydrogens is 693 g/mol. The molecule has 3 heterocycles. The van der Waals surface area contributed by atoms with Crippen LogP contribution in [0.5, 0.6) is 0 Å². The Morgan fingerprint density at radius 1 is 1.02 bits per heavy atom. The number of hydrazine groups is 1. The summed E-state index contributed by atoms with van der Waals surface area (Å²) in [6.07, 6.45) is 12.5. The van der Waals surface area contributed by atoms with E-state index in [2.05, 4.69) is 60.8 Å². The van der Waals surface area contributed by atoms with E-state index < -0.39 is 51.7 Å². The Morgan fingerprint density at radius 3 is 2.55 bits per heavy atom. The first-order valence-electron chi connectivity index (χ1n) is 21.5. The summed E-state index contributed by atoms with van der Waals surface area (Å²) in [5.41, 5.74) is 3.46. The number of cyclic esters (lactones) is 1. The van der Waals surface area contributed by atoms with Gasteiger partial charge in [-0.1, -0.05) is 69.4 Å². The smallest absolute Gasteiger partial charge is 0.331 e. The normalized spacial score (nSPS) is 41.2. The molecule has 4 saturated carbocycles.